The highest BCUT2D eigenvalue weighted by molar-refractivity contribution is 7.82. The van der Waals surface area contributed by atoms with Gasteiger partial charge in [0.1, 0.15) is 0 Å². The number of halogens is 1. The Balaban J connectivity index is 2.59. The average Bonchev–Trinajstić information content (AvgIpc) is 1.88. The molecule has 0 aliphatic heterocycles. The largest absolute Gasteiger partial charge is 0.110 e. The molecule has 0 saturated carbocycles. The van der Waals surface area contributed by atoms with Gasteiger partial charge in [0.2, 0.25) is 0 Å². The van der Waals surface area contributed by atoms with E-state index in [1.54, 1.807) is 0 Å². The number of rotatable bonds is 2. The Morgan fingerprint density at radius 2 is 1.90 bits per heavy atom. The number of benzene rings is 1. The topological polar surface area (TPSA) is 0 Å². The lowest BCUT2D eigenvalue weighted by molar-refractivity contribution is 1.10. The minimum absolute atomic E-state index is 0.178. The Labute approximate surface area is 71.6 Å². The quantitative estimate of drug-likeness (QED) is 0.601. The smallest absolute Gasteiger partial charge is 0.0932 e. The zero-order valence-corrected chi connectivity index (χ0v) is 7.03. The number of hydrogen-bond donors (Lipinski definition) is 0. The summed E-state index contributed by atoms with van der Waals surface area (Å²) in [7, 11) is 0. The number of alkyl halides is 1. The minimum Gasteiger partial charge on any atom is -0.110 e. The molecule has 0 bridgehead atoms. The van der Waals surface area contributed by atoms with Crippen LogP contribution in [0, 0.1) is 0 Å². The van der Waals surface area contributed by atoms with Gasteiger partial charge in [-0.3, -0.25) is 0 Å². The fourth-order valence-electron chi connectivity index (χ4n) is 0.799. The first-order valence-corrected chi connectivity index (χ1v) is 4.03. The third kappa shape index (κ3) is 2.63. The zero-order valence-electron chi connectivity index (χ0n) is 5.46. The SMILES string of the molecule is [S]C(Cl)Cc1ccccc1. The summed E-state index contributed by atoms with van der Waals surface area (Å²) in [5.41, 5.74) is 1.21. The van der Waals surface area contributed by atoms with E-state index in [0.29, 0.717) is 0 Å². The fourth-order valence-corrected chi connectivity index (χ4v) is 1.17. The molecule has 1 rings (SSSR count). The molecule has 0 amide bonds. The molecule has 0 aliphatic rings. The molecule has 0 N–H and O–H groups in total. The van der Waals surface area contributed by atoms with Gasteiger partial charge in [0.25, 0.3) is 0 Å². The van der Waals surface area contributed by atoms with Gasteiger partial charge in [-0.2, -0.15) is 0 Å². The van der Waals surface area contributed by atoms with Crippen molar-refractivity contribution in [1.29, 1.82) is 0 Å². The van der Waals surface area contributed by atoms with E-state index >= 15 is 0 Å². The Kier molecular flexibility index (Phi) is 3.10. The molecule has 0 aliphatic carbocycles. The summed E-state index contributed by atoms with van der Waals surface area (Å²) < 4.78 is -0.178. The van der Waals surface area contributed by atoms with Crippen LogP contribution in [-0.2, 0) is 6.42 Å². The predicted octanol–water partition coefficient (Wildman–Crippen LogP) is 2.99. The molecule has 53 valence electrons. The van der Waals surface area contributed by atoms with Crippen LogP contribution in [0.5, 0.6) is 0 Å². The summed E-state index contributed by atoms with van der Waals surface area (Å²) >= 11 is 10.5. The summed E-state index contributed by atoms with van der Waals surface area (Å²) in [6.07, 6.45) is 0.776. The summed E-state index contributed by atoms with van der Waals surface area (Å²) in [6, 6.07) is 10.0. The van der Waals surface area contributed by atoms with Crippen LogP contribution in [0.1, 0.15) is 5.56 Å². The van der Waals surface area contributed by atoms with E-state index in [4.69, 9.17) is 24.2 Å². The molecule has 0 saturated heterocycles. The predicted molar refractivity (Wildman–Crippen MR) is 47.4 cm³/mol. The Morgan fingerprint density at radius 3 is 2.40 bits per heavy atom. The normalized spacial score (nSPS) is 13.0. The number of hydrogen-bond acceptors (Lipinski definition) is 0. The van der Waals surface area contributed by atoms with Gasteiger partial charge in [0, 0.05) is 0 Å². The Bertz CT molecular complexity index is 184. The standard InChI is InChI=1S/C8H8ClS/c9-8(10)6-7-4-2-1-3-5-7/h1-5,8H,6H2. The second-order valence-electron chi connectivity index (χ2n) is 2.10. The van der Waals surface area contributed by atoms with Crippen molar-refractivity contribution < 1.29 is 0 Å². The van der Waals surface area contributed by atoms with Gasteiger partial charge in [-0.1, -0.05) is 43.0 Å². The molecule has 0 heterocycles. The van der Waals surface area contributed by atoms with Crippen molar-refractivity contribution in [2.45, 2.75) is 11.1 Å². The van der Waals surface area contributed by atoms with Crippen molar-refractivity contribution in [3.05, 3.63) is 35.9 Å². The van der Waals surface area contributed by atoms with E-state index in [1.165, 1.54) is 5.56 Å². The molecule has 1 aromatic rings. The summed E-state index contributed by atoms with van der Waals surface area (Å²) in [4.78, 5) is 0. The van der Waals surface area contributed by atoms with Crippen LogP contribution in [-0.4, -0.2) is 4.71 Å². The lowest BCUT2D eigenvalue weighted by Gasteiger charge is -1.99. The zero-order chi connectivity index (χ0) is 7.40. The molecular weight excluding hydrogens is 164 g/mol. The van der Waals surface area contributed by atoms with Gasteiger partial charge in [0.05, 0.1) is 4.71 Å². The van der Waals surface area contributed by atoms with Gasteiger partial charge in [0.15, 0.2) is 0 Å². The molecule has 0 nitrogen and oxygen atoms in total. The lowest BCUT2D eigenvalue weighted by atomic mass is 10.2. The average molecular weight is 172 g/mol. The van der Waals surface area contributed by atoms with Crippen molar-refractivity contribution >= 4 is 24.2 Å². The van der Waals surface area contributed by atoms with Crippen molar-refractivity contribution in [1.82, 2.24) is 0 Å². The maximum Gasteiger partial charge on any atom is 0.0932 e. The summed E-state index contributed by atoms with van der Waals surface area (Å²) in [5, 5.41) is 0. The highest BCUT2D eigenvalue weighted by Crippen LogP contribution is 2.09. The van der Waals surface area contributed by atoms with Crippen molar-refractivity contribution in [2.75, 3.05) is 0 Å². The van der Waals surface area contributed by atoms with Crippen LogP contribution in [0.2, 0.25) is 0 Å². The van der Waals surface area contributed by atoms with Gasteiger partial charge in [-0.25, -0.2) is 0 Å². The van der Waals surface area contributed by atoms with Crippen molar-refractivity contribution in [3.8, 4) is 0 Å². The second-order valence-corrected chi connectivity index (χ2v) is 3.45. The molecule has 1 unspecified atom stereocenters. The molecule has 1 aromatic carbocycles. The fraction of sp³-hybridized carbons (Fsp3) is 0.250. The molecule has 0 aromatic heterocycles. The molecular formula is C8H8ClS. The molecule has 10 heavy (non-hydrogen) atoms. The van der Waals surface area contributed by atoms with Gasteiger partial charge >= 0.3 is 0 Å². The first-order valence-electron chi connectivity index (χ1n) is 3.13. The Morgan fingerprint density at radius 1 is 1.30 bits per heavy atom. The molecule has 0 fully saturated rings. The maximum atomic E-state index is 5.63. The van der Waals surface area contributed by atoms with E-state index in [1.807, 2.05) is 30.3 Å². The highest BCUT2D eigenvalue weighted by atomic mass is 35.5. The molecule has 1 radical (unpaired) electrons. The summed E-state index contributed by atoms with van der Waals surface area (Å²) in [6.45, 7) is 0. The van der Waals surface area contributed by atoms with Crippen LogP contribution >= 0.6 is 24.2 Å². The van der Waals surface area contributed by atoms with Crippen LogP contribution in [0.4, 0.5) is 0 Å². The lowest BCUT2D eigenvalue weighted by Crippen LogP contribution is -1.92. The van der Waals surface area contributed by atoms with E-state index in [2.05, 4.69) is 0 Å². The van der Waals surface area contributed by atoms with Crippen molar-refractivity contribution in [2.24, 2.45) is 0 Å². The van der Waals surface area contributed by atoms with E-state index < -0.39 is 0 Å². The third-order valence-corrected chi connectivity index (χ3v) is 1.56. The highest BCUT2D eigenvalue weighted by Gasteiger charge is 1.97. The van der Waals surface area contributed by atoms with Crippen molar-refractivity contribution in [3.63, 3.8) is 0 Å². The second kappa shape index (κ2) is 3.89. The van der Waals surface area contributed by atoms with Gasteiger partial charge in [-0.15, -0.1) is 11.6 Å². The monoisotopic (exact) mass is 171 g/mol. The first-order chi connectivity index (χ1) is 4.79. The molecule has 2 heteroatoms. The van der Waals surface area contributed by atoms with E-state index in [0.717, 1.165) is 6.42 Å². The van der Waals surface area contributed by atoms with Crippen LogP contribution < -0.4 is 0 Å². The Hall–Kier alpha value is -0.140. The van der Waals surface area contributed by atoms with Gasteiger partial charge < -0.3 is 0 Å². The first kappa shape index (κ1) is 7.96. The maximum absolute atomic E-state index is 5.63. The minimum atomic E-state index is -0.178. The van der Waals surface area contributed by atoms with E-state index in [-0.39, 0.29) is 4.71 Å². The third-order valence-electron chi connectivity index (χ3n) is 1.24. The van der Waals surface area contributed by atoms with Crippen LogP contribution in [0.25, 0.3) is 0 Å². The van der Waals surface area contributed by atoms with Crippen LogP contribution in [0.3, 0.4) is 0 Å². The molecule has 0 spiro atoms. The van der Waals surface area contributed by atoms with Gasteiger partial charge in [-0.05, 0) is 12.0 Å². The van der Waals surface area contributed by atoms with Crippen LogP contribution in [0.15, 0.2) is 30.3 Å². The summed E-state index contributed by atoms with van der Waals surface area (Å²) in [5.74, 6) is 0. The molecule has 1 atom stereocenters. The van der Waals surface area contributed by atoms with E-state index in [9.17, 15) is 0 Å².